The van der Waals surface area contributed by atoms with Gasteiger partial charge in [0.05, 0.1) is 5.56 Å². The van der Waals surface area contributed by atoms with Crippen molar-refractivity contribution >= 4 is 45.5 Å². The molecule has 8 heteroatoms. The first-order valence-electron chi connectivity index (χ1n) is 19.4. The van der Waals surface area contributed by atoms with Crippen LogP contribution in [0.4, 0.5) is 0 Å². The summed E-state index contributed by atoms with van der Waals surface area (Å²) in [5.74, 6) is 2.88. The third-order valence-corrected chi connectivity index (χ3v) is 11.3. The first-order chi connectivity index (χ1) is 27.6. The molecular weight excluding hydrogens is 744 g/mol. The molecule has 57 heavy (non-hydrogen) atoms. The highest BCUT2D eigenvalue weighted by Crippen LogP contribution is 2.50. The number of carbonyl (C=O) groups excluding carboxylic acids is 1. The molecule has 0 bridgehead atoms. The number of fused-ring (bicyclic) bond motifs is 2. The van der Waals surface area contributed by atoms with Gasteiger partial charge in [-0.15, -0.1) is 0 Å². The van der Waals surface area contributed by atoms with E-state index in [9.17, 15) is 4.79 Å². The lowest BCUT2D eigenvalue weighted by Gasteiger charge is -2.22. The van der Waals surface area contributed by atoms with Crippen molar-refractivity contribution in [3.05, 3.63) is 166 Å². The molecule has 0 saturated carbocycles. The first kappa shape index (κ1) is 39.8. The van der Waals surface area contributed by atoms with E-state index in [4.69, 9.17) is 18.1 Å². The standard InChI is InChI=1S/C49H49NO5P2/c1-30(2)38-23-18-33(6)26-44(38)53-56-52-43-25-22-36-12-8-10-14-40(36)46(43)47-41-15-11-9-13-37(41)28-42(49(51)50-29-35-20-16-32(5)17-21-35)48(47)55-57-54-45-27-34(7)19-24-39(45)31(3)4/h8-28,30-31,56-57H,29H2,1-7H3,(H,50,51). The van der Waals surface area contributed by atoms with Gasteiger partial charge in [-0.05, 0) is 106 Å². The average molecular weight is 794 g/mol. The Bertz CT molecular complexity index is 2550. The number of amides is 1. The van der Waals surface area contributed by atoms with Crippen LogP contribution < -0.4 is 23.4 Å². The van der Waals surface area contributed by atoms with Crippen molar-refractivity contribution < 1.29 is 22.9 Å². The van der Waals surface area contributed by atoms with Crippen molar-refractivity contribution in [3.63, 3.8) is 0 Å². The number of hydrogen-bond donors (Lipinski definition) is 1. The number of nitrogens with one attached hydrogen (secondary N) is 1. The molecule has 6 nitrogen and oxygen atoms in total. The van der Waals surface area contributed by atoms with Crippen LogP contribution in [0, 0.1) is 20.8 Å². The summed E-state index contributed by atoms with van der Waals surface area (Å²) < 4.78 is 26.3. The highest BCUT2D eigenvalue weighted by atomic mass is 31.1. The van der Waals surface area contributed by atoms with Crippen molar-refractivity contribution in [1.82, 2.24) is 5.32 Å². The quantitative estimate of drug-likeness (QED) is 0.111. The molecule has 0 aromatic heterocycles. The molecule has 0 aliphatic rings. The van der Waals surface area contributed by atoms with Crippen LogP contribution in [0.3, 0.4) is 0 Å². The normalized spacial score (nSPS) is 11.7. The topological polar surface area (TPSA) is 66.0 Å². The molecule has 0 aliphatic heterocycles. The Kier molecular flexibility index (Phi) is 12.4. The second-order valence-electron chi connectivity index (χ2n) is 15.1. The molecular formula is C49H49NO5P2. The number of benzene rings is 7. The molecule has 0 spiro atoms. The Hall–Kier alpha value is -5.41. The van der Waals surface area contributed by atoms with Gasteiger partial charge in [-0.2, -0.15) is 0 Å². The minimum absolute atomic E-state index is 0.250. The maximum absolute atomic E-state index is 14.5. The Morgan fingerprint density at radius 3 is 1.68 bits per heavy atom. The molecule has 7 aromatic rings. The van der Waals surface area contributed by atoms with Gasteiger partial charge in [-0.25, -0.2) is 0 Å². The predicted molar refractivity (Wildman–Crippen MR) is 239 cm³/mol. The zero-order valence-electron chi connectivity index (χ0n) is 33.5. The molecule has 7 rings (SSSR count). The summed E-state index contributed by atoms with van der Waals surface area (Å²) in [6, 6.07) is 43.0. The predicted octanol–water partition coefficient (Wildman–Crippen LogP) is 13.7. The smallest absolute Gasteiger partial charge is 0.275 e. The van der Waals surface area contributed by atoms with Crippen LogP contribution in [0.25, 0.3) is 32.7 Å². The Morgan fingerprint density at radius 2 is 1.07 bits per heavy atom. The zero-order valence-corrected chi connectivity index (χ0v) is 35.5. The van der Waals surface area contributed by atoms with E-state index in [1.54, 1.807) is 0 Å². The zero-order chi connectivity index (χ0) is 40.1. The van der Waals surface area contributed by atoms with Crippen molar-refractivity contribution in [2.75, 3.05) is 0 Å². The van der Waals surface area contributed by atoms with E-state index >= 15 is 0 Å². The van der Waals surface area contributed by atoms with E-state index in [0.717, 1.165) is 77.6 Å². The van der Waals surface area contributed by atoms with Gasteiger partial charge in [0.1, 0.15) is 23.0 Å². The van der Waals surface area contributed by atoms with E-state index in [0.29, 0.717) is 23.6 Å². The van der Waals surface area contributed by atoms with Crippen LogP contribution >= 0.6 is 18.1 Å². The fourth-order valence-corrected chi connectivity index (χ4v) is 8.23. The number of hydrogen-bond acceptors (Lipinski definition) is 5. The van der Waals surface area contributed by atoms with E-state index in [-0.39, 0.29) is 26.8 Å². The molecule has 0 fully saturated rings. The average Bonchev–Trinajstić information content (AvgIpc) is 3.20. The summed E-state index contributed by atoms with van der Waals surface area (Å²) in [6.07, 6.45) is 0. The van der Waals surface area contributed by atoms with Gasteiger partial charge in [0, 0.05) is 17.7 Å². The van der Waals surface area contributed by atoms with Crippen LogP contribution in [0.2, 0.25) is 0 Å². The van der Waals surface area contributed by atoms with Gasteiger partial charge >= 0.3 is 0 Å². The minimum Gasteiger partial charge on any atom is -0.440 e. The Morgan fingerprint density at radius 1 is 0.544 bits per heavy atom. The van der Waals surface area contributed by atoms with Crippen molar-refractivity contribution in [2.45, 2.75) is 66.8 Å². The van der Waals surface area contributed by atoms with E-state index in [1.807, 2.05) is 79.7 Å². The monoisotopic (exact) mass is 793 g/mol. The molecule has 7 aromatic carbocycles. The number of aryl methyl sites for hydroxylation is 3. The SMILES string of the molecule is Cc1ccc(CNC(=O)c2cc3ccccc3c(-c3c(OPOc4cc(C)ccc4C(C)C)ccc4ccccc34)c2OPOc2cc(C)ccc2C(C)C)cc1. The Labute approximate surface area is 339 Å². The van der Waals surface area contributed by atoms with Gasteiger partial charge in [0.2, 0.25) is 0 Å². The van der Waals surface area contributed by atoms with Crippen LogP contribution in [-0.2, 0) is 6.54 Å². The van der Waals surface area contributed by atoms with Gasteiger partial charge in [0.15, 0.2) is 0 Å². The second kappa shape index (κ2) is 17.8. The van der Waals surface area contributed by atoms with Gasteiger partial charge in [-0.1, -0.05) is 136 Å². The molecule has 290 valence electrons. The maximum Gasteiger partial charge on any atom is 0.275 e. The van der Waals surface area contributed by atoms with E-state index in [1.165, 1.54) is 0 Å². The summed E-state index contributed by atoms with van der Waals surface area (Å²) in [6.45, 7) is 15.1. The molecule has 0 saturated heterocycles. The van der Waals surface area contributed by atoms with Gasteiger partial charge in [0.25, 0.3) is 24.0 Å². The molecule has 2 atom stereocenters. The largest absolute Gasteiger partial charge is 0.440 e. The first-order valence-corrected chi connectivity index (χ1v) is 21.0. The third kappa shape index (κ3) is 9.10. The maximum atomic E-state index is 14.5. The summed E-state index contributed by atoms with van der Waals surface area (Å²) in [7, 11) is -0.778. The molecule has 0 heterocycles. The van der Waals surface area contributed by atoms with E-state index in [2.05, 4.69) is 101 Å². The molecule has 1 N–H and O–H groups in total. The van der Waals surface area contributed by atoms with Gasteiger partial charge < -0.3 is 23.4 Å². The summed E-state index contributed by atoms with van der Waals surface area (Å²) in [4.78, 5) is 14.5. The number of carbonyl (C=O) groups is 1. The summed E-state index contributed by atoms with van der Waals surface area (Å²) in [5.41, 5.74) is 8.53. The lowest BCUT2D eigenvalue weighted by Crippen LogP contribution is -2.23. The number of rotatable bonds is 14. The Balaban J connectivity index is 1.36. The summed E-state index contributed by atoms with van der Waals surface area (Å²) in [5, 5.41) is 6.96. The highest BCUT2D eigenvalue weighted by Gasteiger charge is 2.26. The fraction of sp³-hybridized carbons (Fsp3) is 0.204. The van der Waals surface area contributed by atoms with Crippen LogP contribution in [0.1, 0.15) is 83.3 Å². The molecule has 0 aliphatic carbocycles. The van der Waals surface area contributed by atoms with Crippen molar-refractivity contribution in [1.29, 1.82) is 0 Å². The summed E-state index contributed by atoms with van der Waals surface area (Å²) >= 11 is 0. The fourth-order valence-electron chi connectivity index (χ4n) is 7.06. The highest BCUT2D eigenvalue weighted by molar-refractivity contribution is 7.27. The van der Waals surface area contributed by atoms with Gasteiger partial charge in [-0.3, -0.25) is 4.79 Å². The van der Waals surface area contributed by atoms with Crippen LogP contribution in [0.5, 0.6) is 23.0 Å². The molecule has 2 unspecified atom stereocenters. The van der Waals surface area contributed by atoms with Crippen molar-refractivity contribution in [2.24, 2.45) is 0 Å². The molecule has 1 amide bonds. The lowest BCUT2D eigenvalue weighted by molar-refractivity contribution is 0.0949. The third-order valence-electron chi connectivity index (χ3n) is 10.1. The van der Waals surface area contributed by atoms with E-state index < -0.39 is 9.03 Å². The minimum atomic E-state index is -0.446. The lowest BCUT2D eigenvalue weighted by atomic mass is 9.90. The molecule has 0 radical (unpaired) electrons. The van der Waals surface area contributed by atoms with Crippen molar-refractivity contribution in [3.8, 4) is 34.1 Å². The van der Waals surface area contributed by atoms with Crippen LogP contribution in [0.15, 0.2) is 127 Å². The van der Waals surface area contributed by atoms with Crippen LogP contribution in [-0.4, -0.2) is 5.91 Å². The second-order valence-corrected chi connectivity index (χ2v) is 16.3.